The Labute approximate surface area is 245 Å². The predicted molar refractivity (Wildman–Crippen MR) is 158 cm³/mol. The van der Waals surface area contributed by atoms with E-state index < -0.39 is 11.2 Å². The van der Waals surface area contributed by atoms with Crippen molar-refractivity contribution >= 4 is 46.1 Å². The maximum Gasteiger partial charge on any atom is 0.254 e. The van der Waals surface area contributed by atoms with Gasteiger partial charge in [-0.2, -0.15) is 9.78 Å². The highest BCUT2D eigenvalue weighted by molar-refractivity contribution is 7.16. The molecule has 13 heteroatoms. The van der Waals surface area contributed by atoms with Crippen molar-refractivity contribution in [1.82, 2.24) is 24.3 Å². The minimum absolute atomic E-state index is 0.00742. The van der Waals surface area contributed by atoms with Crippen LogP contribution in [-0.4, -0.2) is 62.3 Å². The van der Waals surface area contributed by atoms with Crippen molar-refractivity contribution in [1.29, 1.82) is 0 Å². The van der Waals surface area contributed by atoms with E-state index >= 15 is 0 Å². The Balaban J connectivity index is 1.60. The number of morpholine rings is 1. The fraction of sp³-hybridized carbons (Fsp3) is 0.357. The summed E-state index contributed by atoms with van der Waals surface area (Å²) in [6.07, 6.45) is 2.95. The van der Waals surface area contributed by atoms with E-state index in [-0.39, 0.29) is 23.8 Å². The number of Topliss-reactive ketones (excluding diaryl/α,β-unsaturated/α-hetero) is 1. The van der Waals surface area contributed by atoms with Crippen LogP contribution in [0, 0.1) is 5.41 Å². The fourth-order valence-electron chi connectivity index (χ4n) is 4.35. The van der Waals surface area contributed by atoms with E-state index in [2.05, 4.69) is 25.3 Å². The number of ether oxygens (including phenoxy) is 1. The van der Waals surface area contributed by atoms with Gasteiger partial charge in [-0.1, -0.05) is 32.4 Å². The quantitative estimate of drug-likeness (QED) is 0.298. The Bertz CT molecular complexity index is 1620. The number of pyridine rings is 1. The summed E-state index contributed by atoms with van der Waals surface area (Å²) in [7, 11) is 0. The molecule has 0 radical (unpaired) electrons. The highest BCUT2D eigenvalue weighted by Gasteiger charge is 2.28. The average Bonchev–Trinajstić information content (AvgIpc) is 3.58. The Morgan fingerprint density at radius 1 is 1.10 bits per heavy atom. The molecular weight excluding hydrogens is 566 g/mol. The van der Waals surface area contributed by atoms with Gasteiger partial charge in [-0.15, -0.1) is 11.3 Å². The van der Waals surface area contributed by atoms with E-state index in [1.807, 2.05) is 39.0 Å². The summed E-state index contributed by atoms with van der Waals surface area (Å²) in [5.74, 6) is -0.195. The van der Waals surface area contributed by atoms with Crippen LogP contribution in [-0.2, 0) is 17.8 Å². The van der Waals surface area contributed by atoms with E-state index in [4.69, 9.17) is 16.3 Å². The number of aromatic nitrogens is 5. The van der Waals surface area contributed by atoms with Crippen LogP contribution in [0.5, 0.6) is 0 Å². The smallest absolute Gasteiger partial charge is 0.254 e. The highest BCUT2D eigenvalue weighted by atomic mass is 35.5. The van der Waals surface area contributed by atoms with Crippen LogP contribution in [0.1, 0.15) is 41.1 Å². The molecule has 1 N–H and O–H groups in total. The Kier molecular flexibility index (Phi) is 8.34. The number of carbonyl (C=O) groups is 2. The molecule has 0 spiro atoms. The van der Waals surface area contributed by atoms with Crippen molar-refractivity contribution in [2.75, 3.05) is 36.5 Å². The Hall–Kier alpha value is -3.87. The lowest BCUT2D eigenvalue weighted by molar-refractivity contribution is 0.0752. The van der Waals surface area contributed by atoms with E-state index in [0.717, 1.165) is 4.88 Å². The first-order chi connectivity index (χ1) is 19.6. The standard InChI is InChI=1S/C28H30ClN7O4S/c1-28(2,3)27(39)36-24(32-16-19-5-6-23(29)41-19)15-20(33-36)21-13-18(34-9-11-40-12-10-34)14-25(38)35(21)17-22(37)26-30-7-4-8-31-26/h4-8,13-15,32H,9-12,16-17H2,1-3H3. The molecule has 0 amide bonds. The summed E-state index contributed by atoms with van der Waals surface area (Å²) < 4.78 is 8.82. The number of thiophene rings is 1. The number of nitrogens with one attached hydrogen (secondary N) is 1. The molecule has 0 aromatic carbocycles. The number of ketones is 1. The predicted octanol–water partition coefficient (Wildman–Crippen LogP) is 4.23. The number of carbonyl (C=O) groups excluding carboxylic acids is 2. The highest BCUT2D eigenvalue weighted by Crippen LogP contribution is 2.29. The first kappa shape index (κ1) is 28.7. The van der Waals surface area contributed by atoms with Crippen molar-refractivity contribution < 1.29 is 14.3 Å². The van der Waals surface area contributed by atoms with Gasteiger partial charge >= 0.3 is 0 Å². The molecular formula is C28H30ClN7O4S. The maximum absolute atomic E-state index is 13.5. The minimum atomic E-state index is -0.734. The molecule has 0 saturated carbocycles. The number of nitrogens with zero attached hydrogens (tertiary/aromatic N) is 6. The summed E-state index contributed by atoms with van der Waals surface area (Å²) >= 11 is 7.54. The molecule has 0 unspecified atom stereocenters. The summed E-state index contributed by atoms with van der Waals surface area (Å²) in [5, 5.41) is 7.96. The van der Waals surface area contributed by atoms with Gasteiger partial charge in [0, 0.05) is 53.6 Å². The topological polar surface area (TPSA) is 124 Å². The third kappa shape index (κ3) is 6.55. The van der Waals surface area contributed by atoms with Crippen LogP contribution in [0.2, 0.25) is 4.34 Å². The molecule has 1 aliphatic heterocycles. The number of hydrogen-bond donors (Lipinski definition) is 1. The normalized spacial score (nSPS) is 13.8. The van der Waals surface area contributed by atoms with Crippen molar-refractivity contribution in [2.45, 2.75) is 33.9 Å². The van der Waals surface area contributed by atoms with Gasteiger partial charge in [0.2, 0.25) is 5.78 Å². The third-order valence-corrected chi connectivity index (χ3v) is 7.72. The average molecular weight is 596 g/mol. The van der Waals surface area contributed by atoms with E-state index in [1.165, 1.54) is 39.0 Å². The van der Waals surface area contributed by atoms with Crippen LogP contribution in [0.4, 0.5) is 11.5 Å². The lowest BCUT2D eigenvalue weighted by atomic mass is 9.96. The minimum Gasteiger partial charge on any atom is -0.378 e. The van der Waals surface area contributed by atoms with Crippen molar-refractivity contribution in [3.63, 3.8) is 0 Å². The van der Waals surface area contributed by atoms with Crippen LogP contribution >= 0.6 is 22.9 Å². The molecule has 11 nitrogen and oxygen atoms in total. The zero-order valence-corrected chi connectivity index (χ0v) is 24.5. The van der Waals surface area contributed by atoms with Gasteiger partial charge < -0.3 is 15.0 Å². The van der Waals surface area contributed by atoms with Crippen LogP contribution < -0.4 is 15.8 Å². The lowest BCUT2D eigenvalue weighted by Crippen LogP contribution is -2.37. The van der Waals surface area contributed by atoms with Crippen molar-refractivity contribution in [3.05, 3.63) is 74.2 Å². The first-order valence-corrected chi connectivity index (χ1v) is 14.3. The molecule has 0 bridgehead atoms. The van der Waals surface area contributed by atoms with Crippen molar-refractivity contribution in [3.8, 4) is 11.4 Å². The van der Waals surface area contributed by atoms with Gasteiger partial charge in [-0.05, 0) is 24.3 Å². The summed E-state index contributed by atoms with van der Waals surface area (Å²) in [6, 6.07) is 10.4. The molecule has 41 heavy (non-hydrogen) atoms. The number of anilines is 2. The zero-order chi connectivity index (χ0) is 29.1. The third-order valence-electron chi connectivity index (χ3n) is 6.48. The molecule has 5 rings (SSSR count). The molecule has 0 atom stereocenters. The molecule has 1 saturated heterocycles. The lowest BCUT2D eigenvalue weighted by Gasteiger charge is -2.29. The SMILES string of the molecule is CC(C)(C)C(=O)n1nc(-c2cc(N3CCOCC3)cc(=O)n2CC(=O)c2ncccn2)cc1NCc1ccc(Cl)s1. The fourth-order valence-corrected chi connectivity index (χ4v) is 5.38. The summed E-state index contributed by atoms with van der Waals surface area (Å²) in [6.45, 7) is 7.88. The monoisotopic (exact) mass is 595 g/mol. The van der Waals surface area contributed by atoms with Gasteiger partial charge in [-0.3, -0.25) is 19.0 Å². The molecule has 4 aromatic heterocycles. The van der Waals surface area contributed by atoms with Gasteiger partial charge in [0.05, 0.1) is 36.3 Å². The second-order valence-corrected chi connectivity index (χ2v) is 12.4. The van der Waals surface area contributed by atoms with Crippen LogP contribution in [0.25, 0.3) is 11.4 Å². The molecule has 5 heterocycles. The zero-order valence-electron chi connectivity index (χ0n) is 23.0. The molecule has 0 aliphatic carbocycles. The molecule has 1 aliphatic rings. The van der Waals surface area contributed by atoms with Crippen molar-refractivity contribution in [2.24, 2.45) is 5.41 Å². The molecule has 4 aromatic rings. The number of hydrogen-bond acceptors (Lipinski definition) is 10. The van der Waals surface area contributed by atoms with Gasteiger partial charge in [-0.25, -0.2) is 9.97 Å². The van der Waals surface area contributed by atoms with Crippen LogP contribution in [0.15, 0.2) is 53.6 Å². The Morgan fingerprint density at radius 2 is 1.83 bits per heavy atom. The van der Waals surface area contributed by atoms with Gasteiger partial charge in [0.1, 0.15) is 11.5 Å². The molecule has 1 fully saturated rings. The number of halogens is 1. The van der Waals surface area contributed by atoms with E-state index in [9.17, 15) is 14.4 Å². The second-order valence-electron chi connectivity index (χ2n) is 10.6. The largest absolute Gasteiger partial charge is 0.378 e. The van der Waals surface area contributed by atoms with Crippen LogP contribution in [0.3, 0.4) is 0 Å². The van der Waals surface area contributed by atoms with E-state index in [1.54, 1.807) is 12.1 Å². The number of rotatable bonds is 8. The Morgan fingerprint density at radius 3 is 2.49 bits per heavy atom. The second kappa shape index (κ2) is 11.9. The summed E-state index contributed by atoms with van der Waals surface area (Å²) in [4.78, 5) is 51.2. The molecule has 214 valence electrons. The maximum atomic E-state index is 13.5. The van der Waals surface area contributed by atoms with Gasteiger partial charge in [0.25, 0.3) is 11.5 Å². The van der Waals surface area contributed by atoms with E-state index in [0.29, 0.717) is 60.1 Å². The first-order valence-electron chi connectivity index (χ1n) is 13.1. The summed E-state index contributed by atoms with van der Waals surface area (Å²) in [5.41, 5.74) is 0.330. The van der Waals surface area contributed by atoms with Gasteiger partial charge in [0.15, 0.2) is 5.82 Å².